The number of amides is 2. The Morgan fingerprint density at radius 2 is 1.67 bits per heavy atom. The maximum atomic E-state index is 12.0. The van der Waals surface area contributed by atoms with Gasteiger partial charge in [0.05, 0.1) is 4.92 Å². The molecule has 10 heteroatoms. The Bertz CT molecular complexity index is 898. The molecule has 2 amide bonds. The van der Waals surface area contributed by atoms with E-state index in [1.54, 1.807) is 24.3 Å². The molecule has 0 unspecified atom stereocenters. The van der Waals surface area contributed by atoms with E-state index >= 15 is 0 Å². The van der Waals surface area contributed by atoms with Crippen molar-refractivity contribution in [2.45, 2.75) is 6.92 Å². The van der Waals surface area contributed by atoms with Crippen molar-refractivity contribution in [3.63, 3.8) is 0 Å². The summed E-state index contributed by atoms with van der Waals surface area (Å²) < 4.78 is 4.81. The van der Waals surface area contributed by atoms with Crippen LogP contribution in [0.1, 0.15) is 17.3 Å². The maximum Gasteiger partial charge on any atom is 0.345 e. The molecule has 0 spiro atoms. The van der Waals surface area contributed by atoms with Crippen molar-refractivity contribution in [1.82, 2.24) is 0 Å². The van der Waals surface area contributed by atoms with E-state index in [4.69, 9.17) is 16.3 Å². The predicted molar refractivity (Wildman–Crippen MR) is 97.8 cm³/mol. The largest absolute Gasteiger partial charge is 0.452 e. The van der Waals surface area contributed by atoms with Crippen LogP contribution in [0.2, 0.25) is 5.02 Å². The quantitative estimate of drug-likeness (QED) is 0.442. The molecule has 2 aromatic rings. The molecule has 0 aromatic heterocycles. The summed E-state index contributed by atoms with van der Waals surface area (Å²) in [4.78, 5) is 45.1. The lowest BCUT2D eigenvalue weighted by Crippen LogP contribution is -2.21. The first-order chi connectivity index (χ1) is 12.8. The summed E-state index contributed by atoms with van der Waals surface area (Å²) in [5.41, 5.74) is 0.150. The van der Waals surface area contributed by atoms with Crippen molar-refractivity contribution in [2.75, 3.05) is 17.2 Å². The van der Waals surface area contributed by atoms with E-state index in [0.29, 0.717) is 11.4 Å². The fourth-order valence-corrected chi connectivity index (χ4v) is 2.25. The van der Waals surface area contributed by atoms with Crippen LogP contribution in [-0.2, 0) is 14.3 Å². The summed E-state index contributed by atoms with van der Waals surface area (Å²) in [6, 6.07) is 9.71. The van der Waals surface area contributed by atoms with Crippen LogP contribution in [0.25, 0.3) is 0 Å². The SMILES string of the molecule is CC(=O)Nc1ccc(NC(=O)COC(=O)c2cc(Cl)ccc2[N+](=O)[O-])cc1. The minimum absolute atomic E-state index is 0.122. The average Bonchev–Trinajstić information content (AvgIpc) is 2.60. The maximum absolute atomic E-state index is 12.0. The monoisotopic (exact) mass is 391 g/mol. The Labute approximate surface area is 158 Å². The number of esters is 1. The molecule has 0 bridgehead atoms. The number of carbonyl (C=O) groups excluding carboxylic acids is 3. The smallest absolute Gasteiger partial charge is 0.345 e. The number of halogens is 1. The van der Waals surface area contributed by atoms with Crippen LogP contribution in [0.15, 0.2) is 42.5 Å². The predicted octanol–water partition coefficient (Wildman–Crippen LogP) is 3.00. The van der Waals surface area contributed by atoms with Crippen LogP contribution in [-0.4, -0.2) is 29.3 Å². The lowest BCUT2D eigenvalue weighted by Gasteiger charge is -2.08. The number of hydrogen-bond acceptors (Lipinski definition) is 6. The zero-order valence-corrected chi connectivity index (χ0v) is 14.8. The van der Waals surface area contributed by atoms with Crippen LogP contribution >= 0.6 is 11.6 Å². The summed E-state index contributed by atoms with van der Waals surface area (Å²) in [5.74, 6) is -1.91. The van der Waals surface area contributed by atoms with Crippen molar-refractivity contribution < 1.29 is 24.0 Å². The molecule has 2 aromatic carbocycles. The molecule has 0 aliphatic heterocycles. The van der Waals surface area contributed by atoms with Gasteiger partial charge in [-0.2, -0.15) is 0 Å². The Hall–Kier alpha value is -3.46. The van der Waals surface area contributed by atoms with Gasteiger partial charge < -0.3 is 15.4 Å². The van der Waals surface area contributed by atoms with Gasteiger partial charge in [0.2, 0.25) is 5.91 Å². The van der Waals surface area contributed by atoms with E-state index in [2.05, 4.69) is 10.6 Å². The lowest BCUT2D eigenvalue weighted by atomic mass is 10.2. The molecule has 0 aliphatic carbocycles. The summed E-state index contributed by atoms with van der Waals surface area (Å²) >= 11 is 5.74. The highest BCUT2D eigenvalue weighted by Gasteiger charge is 2.22. The normalized spacial score (nSPS) is 10.0. The number of hydrogen-bond donors (Lipinski definition) is 2. The number of nitrogens with zero attached hydrogens (tertiary/aromatic N) is 1. The first kappa shape index (κ1) is 19.9. The van der Waals surface area contributed by atoms with E-state index in [9.17, 15) is 24.5 Å². The van der Waals surface area contributed by atoms with E-state index < -0.39 is 29.1 Å². The molecule has 0 radical (unpaired) electrons. The third-order valence-corrected chi connectivity index (χ3v) is 3.43. The number of anilines is 2. The average molecular weight is 392 g/mol. The molecule has 140 valence electrons. The Kier molecular flexibility index (Phi) is 6.45. The van der Waals surface area contributed by atoms with Crippen LogP contribution in [0.5, 0.6) is 0 Å². The summed E-state index contributed by atoms with van der Waals surface area (Å²) in [7, 11) is 0. The van der Waals surface area contributed by atoms with Gasteiger partial charge in [0, 0.05) is 29.4 Å². The molecular formula is C17H14ClN3O6. The molecule has 0 fully saturated rings. The number of benzene rings is 2. The van der Waals surface area contributed by atoms with Crippen molar-refractivity contribution in [3.8, 4) is 0 Å². The van der Waals surface area contributed by atoms with E-state index in [1.165, 1.54) is 13.0 Å². The van der Waals surface area contributed by atoms with E-state index in [-0.39, 0.29) is 16.5 Å². The summed E-state index contributed by atoms with van der Waals surface area (Å²) in [5, 5.41) is 16.1. The van der Waals surface area contributed by atoms with Crippen LogP contribution in [0, 0.1) is 10.1 Å². The third-order valence-electron chi connectivity index (χ3n) is 3.20. The molecule has 0 aliphatic rings. The Morgan fingerprint density at radius 1 is 1.07 bits per heavy atom. The van der Waals surface area contributed by atoms with Gasteiger partial charge in [-0.3, -0.25) is 19.7 Å². The van der Waals surface area contributed by atoms with Crippen molar-refractivity contribution >= 4 is 46.4 Å². The number of rotatable bonds is 6. The second kappa shape index (κ2) is 8.77. The highest BCUT2D eigenvalue weighted by Crippen LogP contribution is 2.23. The number of nitro groups is 1. The van der Waals surface area contributed by atoms with Crippen molar-refractivity contribution in [1.29, 1.82) is 0 Å². The minimum atomic E-state index is -1.04. The number of nitro benzene ring substituents is 1. The molecule has 2 N–H and O–H groups in total. The first-order valence-electron chi connectivity index (χ1n) is 7.55. The first-order valence-corrected chi connectivity index (χ1v) is 7.92. The standard InChI is InChI=1S/C17H14ClN3O6/c1-10(22)19-12-3-5-13(6-4-12)20-16(23)9-27-17(24)14-8-11(18)2-7-15(14)21(25)26/h2-8H,9H2,1H3,(H,19,22)(H,20,23). The molecule has 0 atom stereocenters. The zero-order valence-electron chi connectivity index (χ0n) is 14.0. The van der Waals surface area contributed by atoms with Gasteiger partial charge in [0.15, 0.2) is 6.61 Å². The fraction of sp³-hybridized carbons (Fsp3) is 0.118. The molecule has 0 heterocycles. The van der Waals surface area contributed by atoms with Gasteiger partial charge in [-0.15, -0.1) is 0 Å². The fourth-order valence-electron chi connectivity index (χ4n) is 2.08. The molecule has 27 heavy (non-hydrogen) atoms. The molecule has 0 saturated heterocycles. The van der Waals surface area contributed by atoms with Crippen molar-refractivity contribution in [2.24, 2.45) is 0 Å². The van der Waals surface area contributed by atoms with E-state index in [0.717, 1.165) is 12.1 Å². The van der Waals surface area contributed by atoms with Crippen molar-refractivity contribution in [3.05, 3.63) is 63.2 Å². The van der Waals surface area contributed by atoms with Gasteiger partial charge >= 0.3 is 5.97 Å². The van der Waals surface area contributed by atoms with E-state index in [1.807, 2.05) is 0 Å². The molecule has 2 rings (SSSR count). The topological polar surface area (TPSA) is 128 Å². The highest BCUT2D eigenvalue weighted by molar-refractivity contribution is 6.31. The summed E-state index contributed by atoms with van der Waals surface area (Å²) in [6.07, 6.45) is 0. The van der Waals surface area contributed by atoms with Gasteiger partial charge in [0.25, 0.3) is 11.6 Å². The minimum Gasteiger partial charge on any atom is -0.452 e. The molecular weight excluding hydrogens is 378 g/mol. The van der Waals surface area contributed by atoms with Gasteiger partial charge in [-0.1, -0.05) is 11.6 Å². The van der Waals surface area contributed by atoms with Crippen LogP contribution in [0.3, 0.4) is 0 Å². The van der Waals surface area contributed by atoms with Gasteiger partial charge in [-0.25, -0.2) is 4.79 Å². The zero-order chi connectivity index (χ0) is 20.0. The summed E-state index contributed by atoms with van der Waals surface area (Å²) in [6.45, 7) is 0.726. The lowest BCUT2D eigenvalue weighted by molar-refractivity contribution is -0.385. The van der Waals surface area contributed by atoms with Crippen LogP contribution in [0.4, 0.5) is 17.1 Å². The van der Waals surface area contributed by atoms with Gasteiger partial charge in [0.1, 0.15) is 5.56 Å². The van der Waals surface area contributed by atoms with Gasteiger partial charge in [-0.05, 0) is 36.4 Å². The number of nitrogens with one attached hydrogen (secondary N) is 2. The molecule has 0 saturated carbocycles. The Morgan fingerprint density at radius 3 is 2.22 bits per heavy atom. The number of carbonyl (C=O) groups is 3. The molecule has 9 nitrogen and oxygen atoms in total. The number of ether oxygens (including phenoxy) is 1. The second-order valence-corrected chi connectivity index (χ2v) is 5.74. The Balaban J connectivity index is 1.95. The second-order valence-electron chi connectivity index (χ2n) is 5.30. The third kappa shape index (κ3) is 5.79. The highest BCUT2D eigenvalue weighted by atomic mass is 35.5. The van der Waals surface area contributed by atoms with Crippen LogP contribution < -0.4 is 10.6 Å².